The molecule has 76 valence electrons. The van der Waals surface area contributed by atoms with Gasteiger partial charge < -0.3 is 14.5 Å². The quantitative estimate of drug-likeness (QED) is 0.750. The van der Waals surface area contributed by atoms with Crippen molar-refractivity contribution in [3.05, 3.63) is 36.4 Å². The average molecular weight is 214 g/mol. The SMILES string of the molecule is C=Cc1ccc(OCP(=O)(O)O)cc1. The molecule has 1 aromatic carbocycles. The zero-order chi connectivity index (χ0) is 10.6. The number of hydrogen-bond acceptors (Lipinski definition) is 2. The van der Waals surface area contributed by atoms with E-state index >= 15 is 0 Å². The molecule has 0 saturated carbocycles. The van der Waals surface area contributed by atoms with E-state index in [9.17, 15) is 4.57 Å². The van der Waals surface area contributed by atoms with Crippen molar-refractivity contribution in [1.29, 1.82) is 0 Å². The van der Waals surface area contributed by atoms with Gasteiger partial charge in [0.1, 0.15) is 5.75 Å². The van der Waals surface area contributed by atoms with Crippen LogP contribution in [-0.4, -0.2) is 16.1 Å². The van der Waals surface area contributed by atoms with Crippen molar-refractivity contribution in [2.75, 3.05) is 6.35 Å². The minimum absolute atomic E-state index is 0.430. The second-order valence-electron chi connectivity index (χ2n) is 2.71. The highest BCUT2D eigenvalue weighted by molar-refractivity contribution is 7.51. The molecule has 4 nitrogen and oxygen atoms in total. The Hall–Kier alpha value is -1.09. The molecule has 0 heterocycles. The molecular formula is C9H11O4P. The number of ether oxygens (including phenoxy) is 1. The van der Waals surface area contributed by atoms with Gasteiger partial charge in [-0.05, 0) is 17.7 Å². The van der Waals surface area contributed by atoms with Crippen LogP contribution < -0.4 is 4.74 Å². The molecule has 5 heteroatoms. The minimum atomic E-state index is -4.09. The van der Waals surface area contributed by atoms with Crippen LogP contribution in [-0.2, 0) is 4.57 Å². The first-order valence-electron chi connectivity index (χ1n) is 3.91. The van der Waals surface area contributed by atoms with Gasteiger partial charge in [0.15, 0.2) is 6.35 Å². The molecule has 0 aliphatic heterocycles. The summed E-state index contributed by atoms with van der Waals surface area (Å²) in [5.41, 5.74) is 0.925. The second-order valence-corrected chi connectivity index (χ2v) is 4.30. The molecule has 1 rings (SSSR count). The lowest BCUT2D eigenvalue weighted by molar-refractivity contribution is 0.300. The van der Waals surface area contributed by atoms with Crippen LogP contribution in [0.2, 0.25) is 0 Å². The number of rotatable bonds is 4. The fourth-order valence-electron chi connectivity index (χ4n) is 0.859. The Kier molecular flexibility index (Phi) is 3.47. The molecule has 0 atom stereocenters. The monoisotopic (exact) mass is 214 g/mol. The van der Waals surface area contributed by atoms with Crippen LogP contribution >= 0.6 is 7.60 Å². The van der Waals surface area contributed by atoms with Gasteiger partial charge in [0.25, 0.3) is 0 Å². The van der Waals surface area contributed by atoms with Crippen molar-refractivity contribution in [1.82, 2.24) is 0 Å². The van der Waals surface area contributed by atoms with Gasteiger partial charge in [0.2, 0.25) is 0 Å². The van der Waals surface area contributed by atoms with E-state index in [4.69, 9.17) is 14.5 Å². The van der Waals surface area contributed by atoms with Gasteiger partial charge >= 0.3 is 7.60 Å². The van der Waals surface area contributed by atoms with Crippen LogP contribution in [0, 0.1) is 0 Å². The summed E-state index contributed by atoms with van der Waals surface area (Å²) in [5.74, 6) is 0.430. The van der Waals surface area contributed by atoms with Crippen molar-refractivity contribution < 1.29 is 19.1 Å². The summed E-state index contributed by atoms with van der Waals surface area (Å²) in [6.07, 6.45) is 1.08. The lowest BCUT2D eigenvalue weighted by Crippen LogP contribution is -1.97. The Labute approximate surface area is 82.0 Å². The Morgan fingerprint density at radius 1 is 1.36 bits per heavy atom. The maximum Gasteiger partial charge on any atom is 0.362 e. The highest BCUT2D eigenvalue weighted by atomic mass is 31.2. The van der Waals surface area contributed by atoms with E-state index in [1.54, 1.807) is 30.3 Å². The van der Waals surface area contributed by atoms with Crippen LogP contribution in [0.5, 0.6) is 5.75 Å². The van der Waals surface area contributed by atoms with Crippen molar-refractivity contribution in [3.63, 3.8) is 0 Å². The average Bonchev–Trinajstić information content (AvgIpc) is 2.14. The molecule has 0 amide bonds. The smallest absolute Gasteiger partial charge is 0.362 e. The Balaban J connectivity index is 2.60. The number of benzene rings is 1. The third kappa shape index (κ3) is 3.75. The fraction of sp³-hybridized carbons (Fsp3) is 0.111. The van der Waals surface area contributed by atoms with Crippen LogP contribution in [0.4, 0.5) is 0 Å². The molecule has 2 N–H and O–H groups in total. The van der Waals surface area contributed by atoms with E-state index in [2.05, 4.69) is 6.58 Å². The van der Waals surface area contributed by atoms with Crippen LogP contribution in [0.3, 0.4) is 0 Å². The zero-order valence-corrected chi connectivity index (χ0v) is 8.35. The van der Waals surface area contributed by atoms with Gasteiger partial charge in [0, 0.05) is 0 Å². The maximum atomic E-state index is 10.5. The third-order valence-electron chi connectivity index (χ3n) is 1.52. The van der Waals surface area contributed by atoms with Crippen molar-refractivity contribution >= 4 is 13.7 Å². The highest BCUT2D eigenvalue weighted by Crippen LogP contribution is 2.34. The van der Waals surface area contributed by atoms with E-state index in [-0.39, 0.29) is 0 Å². The standard InChI is InChI=1S/C9H11O4P/c1-2-8-3-5-9(6-4-8)13-7-14(10,11)12/h2-6H,1,7H2,(H2,10,11,12). The van der Waals surface area contributed by atoms with Gasteiger partial charge in [-0.3, -0.25) is 4.57 Å². The van der Waals surface area contributed by atoms with Crippen LogP contribution in [0.25, 0.3) is 6.08 Å². The summed E-state index contributed by atoms with van der Waals surface area (Å²) in [7, 11) is -4.09. The number of hydrogen-bond donors (Lipinski definition) is 2. The van der Waals surface area contributed by atoms with Crippen molar-refractivity contribution in [2.24, 2.45) is 0 Å². The van der Waals surface area contributed by atoms with Crippen molar-refractivity contribution in [3.8, 4) is 5.75 Å². The Bertz CT molecular complexity index is 352. The predicted octanol–water partition coefficient (Wildman–Crippen LogP) is 1.84. The molecule has 0 aromatic heterocycles. The zero-order valence-electron chi connectivity index (χ0n) is 7.46. The van der Waals surface area contributed by atoms with Crippen molar-refractivity contribution in [2.45, 2.75) is 0 Å². The normalized spacial score (nSPS) is 11.0. The van der Waals surface area contributed by atoms with Gasteiger partial charge in [-0.15, -0.1) is 0 Å². The Morgan fingerprint density at radius 2 is 1.93 bits per heavy atom. The van der Waals surface area contributed by atoms with E-state index in [1.807, 2.05) is 0 Å². The van der Waals surface area contributed by atoms with Crippen LogP contribution in [0.15, 0.2) is 30.8 Å². The predicted molar refractivity (Wildman–Crippen MR) is 54.1 cm³/mol. The molecule has 0 unspecified atom stereocenters. The van der Waals surface area contributed by atoms with Gasteiger partial charge in [-0.2, -0.15) is 0 Å². The molecule has 0 radical (unpaired) electrons. The van der Waals surface area contributed by atoms with E-state index in [0.717, 1.165) is 5.56 Å². The highest BCUT2D eigenvalue weighted by Gasteiger charge is 2.13. The van der Waals surface area contributed by atoms with E-state index in [1.165, 1.54) is 0 Å². The molecule has 0 spiro atoms. The van der Waals surface area contributed by atoms with E-state index in [0.29, 0.717) is 5.75 Å². The lowest BCUT2D eigenvalue weighted by Gasteiger charge is -2.06. The first kappa shape index (κ1) is 11.0. The van der Waals surface area contributed by atoms with Gasteiger partial charge in [-0.1, -0.05) is 24.8 Å². The minimum Gasteiger partial charge on any atom is -0.481 e. The topological polar surface area (TPSA) is 66.8 Å². The molecule has 0 saturated heterocycles. The summed E-state index contributed by atoms with van der Waals surface area (Å²) < 4.78 is 15.4. The summed E-state index contributed by atoms with van der Waals surface area (Å²) in [4.78, 5) is 17.1. The van der Waals surface area contributed by atoms with Gasteiger partial charge in [-0.25, -0.2) is 0 Å². The largest absolute Gasteiger partial charge is 0.481 e. The summed E-state index contributed by atoms with van der Waals surface area (Å²) in [6, 6.07) is 6.77. The molecule has 14 heavy (non-hydrogen) atoms. The summed E-state index contributed by atoms with van der Waals surface area (Å²) >= 11 is 0. The maximum absolute atomic E-state index is 10.5. The van der Waals surface area contributed by atoms with Crippen LogP contribution in [0.1, 0.15) is 5.56 Å². The third-order valence-corrected chi connectivity index (χ3v) is 1.98. The molecular weight excluding hydrogens is 203 g/mol. The first-order chi connectivity index (χ1) is 6.51. The van der Waals surface area contributed by atoms with E-state index < -0.39 is 13.9 Å². The van der Waals surface area contributed by atoms with Gasteiger partial charge in [0.05, 0.1) is 0 Å². The summed E-state index contributed by atoms with van der Waals surface area (Å²) in [5, 5.41) is 0. The molecule has 0 aliphatic carbocycles. The Morgan fingerprint density at radius 3 is 2.36 bits per heavy atom. The first-order valence-corrected chi connectivity index (χ1v) is 5.71. The second kappa shape index (κ2) is 4.42. The molecule has 0 fully saturated rings. The summed E-state index contributed by atoms with van der Waals surface area (Å²) in [6.45, 7) is 3.58. The fourth-order valence-corrected chi connectivity index (χ4v) is 1.18. The molecule has 0 bridgehead atoms. The lowest BCUT2D eigenvalue weighted by atomic mass is 10.2. The molecule has 0 aliphatic rings. The molecule has 1 aromatic rings.